The summed E-state index contributed by atoms with van der Waals surface area (Å²) in [6, 6.07) is 16.1. The Morgan fingerprint density at radius 1 is 1.12 bits per heavy atom. The molecular weight excluding hydrogens is 298 g/mol. The van der Waals surface area contributed by atoms with Gasteiger partial charge in [-0.2, -0.15) is 5.26 Å². The van der Waals surface area contributed by atoms with Crippen LogP contribution in [0, 0.1) is 17.2 Å². The fraction of sp³-hybridized carbons (Fsp3) is 0.238. The third-order valence-electron chi connectivity index (χ3n) is 4.36. The van der Waals surface area contributed by atoms with Gasteiger partial charge in [0.1, 0.15) is 5.75 Å². The maximum Gasteiger partial charge on any atom is 0.343 e. The van der Waals surface area contributed by atoms with Gasteiger partial charge in [-0.3, -0.25) is 0 Å². The van der Waals surface area contributed by atoms with Crippen LogP contribution in [0.3, 0.4) is 0 Å². The van der Waals surface area contributed by atoms with Gasteiger partial charge in [0.25, 0.3) is 0 Å². The van der Waals surface area contributed by atoms with Crippen molar-refractivity contribution in [3.05, 3.63) is 71.3 Å². The number of carbonyl (C=O) groups is 1. The number of nitrogens with zero attached hydrogens (tertiary/aromatic N) is 1. The van der Waals surface area contributed by atoms with Crippen LogP contribution in [0.25, 0.3) is 5.57 Å². The van der Waals surface area contributed by atoms with Crippen molar-refractivity contribution in [3.63, 3.8) is 0 Å². The summed E-state index contributed by atoms with van der Waals surface area (Å²) < 4.78 is 5.34. The molecule has 0 saturated heterocycles. The smallest absolute Gasteiger partial charge is 0.343 e. The van der Waals surface area contributed by atoms with Crippen molar-refractivity contribution in [1.82, 2.24) is 0 Å². The first kappa shape index (κ1) is 16.0. The molecule has 0 aromatic heterocycles. The van der Waals surface area contributed by atoms with Crippen LogP contribution in [0.15, 0.2) is 54.6 Å². The number of nitriles is 1. The quantitative estimate of drug-likeness (QED) is 0.592. The highest BCUT2D eigenvalue weighted by molar-refractivity contribution is 5.91. The summed E-state index contributed by atoms with van der Waals surface area (Å²) in [6.45, 7) is 2.27. The summed E-state index contributed by atoms with van der Waals surface area (Å²) in [5, 5.41) is 8.77. The summed E-state index contributed by atoms with van der Waals surface area (Å²) in [6.07, 6.45) is 5.74. The predicted octanol–water partition coefficient (Wildman–Crippen LogP) is 4.98. The zero-order chi connectivity index (χ0) is 16.9. The number of hydrogen-bond donors (Lipinski definition) is 0. The molecule has 0 saturated carbocycles. The molecule has 0 bridgehead atoms. The van der Waals surface area contributed by atoms with Gasteiger partial charge in [0.2, 0.25) is 0 Å². The zero-order valence-electron chi connectivity index (χ0n) is 13.7. The second-order valence-electron chi connectivity index (χ2n) is 6.21. The van der Waals surface area contributed by atoms with Gasteiger partial charge in [0.05, 0.1) is 17.2 Å². The molecule has 2 aromatic carbocycles. The number of ether oxygens (including phenoxy) is 1. The Hall–Kier alpha value is -2.86. The first-order chi connectivity index (χ1) is 11.7. The minimum absolute atomic E-state index is 0.391. The molecule has 3 heteroatoms. The lowest BCUT2D eigenvalue weighted by Crippen LogP contribution is -2.08. The molecule has 0 heterocycles. The number of allylic oxidation sites excluding steroid dienone is 2. The summed E-state index contributed by atoms with van der Waals surface area (Å²) in [4.78, 5) is 12.2. The van der Waals surface area contributed by atoms with Crippen LogP contribution < -0.4 is 4.74 Å². The second-order valence-corrected chi connectivity index (χ2v) is 6.21. The standard InChI is InChI=1S/C21H19NO2/c1-15-2-6-17(7-3-15)18-8-10-19(11-9-18)21(23)24-20-12-4-16(14-22)5-13-20/h4-6,8-13,15H,2-3,7H2,1H3. The Kier molecular flexibility index (Phi) is 4.77. The van der Waals surface area contributed by atoms with Crippen LogP contribution in [-0.2, 0) is 0 Å². The molecular formula is C21H19NO2. The van der Waals surface area contributed by atoms with Crippen LogP contribution >= 0.6 is 0 Å². The van der Waals surface area contributed by atoms with Gasteiger partial charge < -0.3 is 4.74 Å². The van der Waals surface area contributed by atoms with Crippen molar-refractivity contribution in [2.75, 3.05) is 0 Å². The summed E-state index contributed by atoms with van der Waals surface area (Å²) >= 11 is 0. The molecule has 2 aromatic rings. The van der Waals surface area contributed by atoms with E-state index in [0.717, 1.165) is 18.8 Å². The van der Waals surface area contributed by atoms with E-state index in [4.69, 9.17) is 10.00 Å². The fourth-order valence-electron chi connectivity index (χ4n) is 2.81. The minimum atomic E-state index is -0.391. The molecule has 3 nitrogen and oxygen atoms in total. The minimum Gasteiger partial charge on any atom is -0.423 e. The Bertz CT molecular complexity index is 795. The molecule has 0 radical (unpaired) electrons. The average molecular weight is 317 g/mol. The van der Waals surface area contributed by atoms with Crippen LogP contribution in [0.4, 0.5) is 0 Å². The van der Waals surface area contributed by atoms with Gasteiger partial charge in [0, 0.05) is 0 Å². The maximum absolute atomic E-state index is 12.2. The van der Waals surface area contributed by atoms with Gasteiger partial charge in [-0.15, -0.1) is 0 Å². The molecule has 1 atom stereocenters. The third-order valence-corrected chi connectivity index (χ3v) is 4.36. The SMILES string of the molecule is CC1CC=C(c2ccc(C(=O)Oc3ccc(C#N)cc3)cc2)CC1. The normalized spacial score (nSPS) is 16.8. The largest absolute Gasteiger partial charge is 0.423 e. The van der Waals surface area contributed by atoms with Crippen molar-refractivity contribution in [1.29, 1.82) is 5.26 Å². The molecule has 0 fully saturated rings. The van der Waals surface area contributed by atoms with E-state index < -0.39 is 5.97 Å². The van der Waals surface area contributed by atoms with Crippen molar-refractivity contribution < 1.29 is 9.53 Å². The molecule has 1 aliphatic rings. The lowest BCUT2D eigenvalue weighted by Gasteiger charge is -2.18. The Morgan fingerprint density at radius 2 is 1.83 bits per heavy atom. The molecule has 0 spiro atoms. The van der Waals surface area contributed by atoms with Gasteiger partial charge in [-0.25, -0.2) is 4.79 Å². The molecule has 1 unspecified atom stereocenters. The summed E-state index contributed by atoms with van der Waals surface area (Å²) in [5.41, 5.74) is 3.60. The van der Waals surface area contributed by atoms with Gasteiger partial charge >= 0.3 is 5.97 Å². The Balaban J connectivity index is 1.68. The second kappa shape index (κ2) is 7.14. The van der Waals surface area contributed by atoms with E-state index in [1.165, 1.54) is 17.6 Å². The topological polar surface area (TPSA) is 50.1 Å². The Morgan fingerprint density at radius 3 is 2.42 bits per heavy atom. The first-order valence-corrected chi connectivity index (χ1v) is 8.17. The van der Waals surface area contributed by atoms with Crippen molar-refractivity contribution in [2.24, 2.45) is 5.92 Å². The van der Waals surface area contributed by atoms with Gasteiger partial charge in [-0.05, 0) is 72.7 Å². The Labute approximate surface area is 142 Å². The molecule has 0 aliphatic heterocycles. The number of carbonyl (C=O) groups excluding carboxylic acids is 1. The maximum atomic E-state index is 12.2. The molecule has 1 aliphatic carbocycles. The lowest BCUT2D eigenvalue weighted by atomic mass is 9.87. The summed E-state index contributed by atoms with van der Waals surface area (Å²) in [7, 11) is 0. The van der Waals surface area contributed by atoms with Gasteiger partial charge in [0.15, 0.2) is 0 Å². The van der Waals surface area contributed by atoms with E-state index in [1.807, 2.05) is 18.2 Å². The van der Waals surface area contributed by atoms with E-state index in [9.17, 15) is 4.79 Å². The van der Waals surface area contributed by atoms with E-state index in [-0.39, 0.29) is 0 Å². The van der Waals surface area contributed by atoms with E-state index in [2.05, 4.69) is 13.0 Å². The number of rotatable bonds is 3. The average Bonchev–Trinajstić information content (AvgIpc) is 2.63. The number of hydrogen-bond acceptors (Lipinski definition) is 3. The lowest BCUT2D eigenvalue weighted by molar-refractivity contribution is 0.0735. The van der Waals surface area contributed by atoms with E-state index in [0.29, 0.717) is 16.9 Å². The van der Waals surface area contributed by atoms with Crippen LogP contribution in [0.1, 0.15) is 47.7 Å². The number of esters is 1. The van der Waals surface area contributed by atoms with Crippen molar-refractivity contribution >= 4 is 11.5 Å². The van der Waals surface area contributed by atoms with Crippen molar-refractivity contribution in [2.45, 2.75) is 26.2 Å². The monoisotopic (exact) mass is 317 g/mol. The molecule has 120 valence electrons. The van der Waals surface area contributed by atoms with Crippen molar-refractivity contribution in [3.8, 4) is 11.8 Å². The highest BCUT2D eigenvalue weighted by atomic mass is 16.5. The highest BCUT2D eigenvalue weighted by Crippen LogP contribution is 2.30. The zero-order valence-corrected chi connectivity index (χ0v) is 13.7. The van der Waals surface area contributed by atoms with Gasteiger partial charge in [-0.1, -0.05) is 25.1 Å². The van der Waals surface area contributed by atoms with Crippen LogP contribution in [0.2, 0.25) is 0 Å². The highest BCUT2D eigenvalue weighted by Gasteiger charge is 2.13. The number of benzene rings is 2. The van der Waals surface area contributed by atoms with E-state index in [1.54, 1.807) is 36.4 Å². The molecule has 24 heavy (non-hydrogen) atoms. The predicted molar refractivity (Wildman–Crippen MR) is 93.5 cm³/mol. The third kappa shape index (κ3) is 3.72. The first-order valence-electron chi connectivity index (χ1n) is 8.17. The molecule has 0 amide bonds. The van der Waals surface area contributed by atoms with Crippen LogP contribution in [0.5, 0.6) is 5.75 Å². The van der Waals surface area contributed by atoms with Crippen LogP contribution in [-0.4, -0.2) is 5.97 Å². The molecule has 3 rings (SSSR count). The fourth-order valence-corrected chi connectivity index (χ4v) is 2.81. The summed E-state index contributed by atoms with van der Waals surface area (Å²) in [5.74, 6) is 0.806. The van der Waals surface area contributed by atoms with E-state index >= 15 is 0 Å². The molecule has 0 N–H and O–H groups in total.